The topological polar surface area (TPSA) is 20.2 Å². The normalized spacial score (nSPS) is 16.5. The average molecular weight is 388 g/mol. The second-order valence-corrected chi connectivity index (χ2v) is 4.32. The van der Waals surface area contributed by atoms with Gasteiger partial charge < -0.3 is 5.11 Å². The van der Waals surface area contributed by atoms with Crippen molar-refractivity contribution in [2.24, 2.45) is 0 Å². The Labute approximate surface area is 124 Å². The minimum atomic E-state index is -7.95. The van der Waals surface area contributed by atoms with E-state index in [-0.39, 0.29) is 5.92 Å². The number of halogens is 13. The van der Waals surface area contributed by atoms with Gasteiger partial charge in [-0.05, 0) is 12.8 Å². The maximum absolute atomic E-state index is 13.0. The van der Waals surface area contributed by atoms with Gasteiger partial charge in [0.25, 0.3) is 0 Å². The number of hydrogen-bond donors (Lipinski definition) is 1. The minimum absolute atomic E-state index is 0.0557. The number of alkyl halides is 13. The van der Waals surface area contributed by atoms with E-state index in [1.807, 2.05) is 0 Å². The fourth-order valence-electron chi connectivity index (χ4n) is 1.04. The predicted molar refractivity (Wildman–Crippen MR) is 50.2 cm³/mol. The van der Waals surface area contributed by atoms with Crippen LogP contribution >= 0.6 is 0 Å². The maximum Gasteiger partial charge on any atom is 0.460 e. The molecule has 0 bridgehead atoms. The summed E-state index contributed by atoms with van der Waals surface area (Å²) in [6.45, 7) is 0.547. The van der Waals surface area contributed by atoms with Crippen molar-refractivity contribution in [3.8, 4) is 11.8 Å². The SMILES string of the molecule is CC(O)C#CC(F)(F)C(F)(F)C(F)(F)C(F)(F)C(F)(F)C(F)(F)F. The van der Waals surface area contributed by atoms with E-state index in [4.69, 9.17) is 5.11 Å². The van der Waals surface area contributed by atoms with Crippen LogP contribution < -0.4 is 0 Å². The molecule has 0 aliphatic carbocycles. The molecule has 0 fully saturated rings. The largest absolute Gasteiger partial charge is 0.460 e. The molecule has 0 aromatic carbocycles. The third-order valence-electron chi connectivity index (χ3n) is 2.37. The Balaban J connectivity index is 6.27. The molecule has 0 spiro atoms. The Kier molecular flexibility index (Phi) is 5.51. The highest BCUT2D eigenvalue weighted by Gasteiger charge is 2.90. The maximum atomic E-state index is 13.0. The standard InChI is InChI=1S/C10H5F13O/c1-4(24)2-3-5(11,12)6(13,14)7(15,16)8(17,18)9(19,20)10(21,22)23/h4,24H,1H3. The van der Waals surface area contributed by atoms with Crippen LogP contribution in [0.3, 0.4) is 0 Å². The van der Waals surface area contributed by atoms with E-state index < -0.39 is 41.9 Å². The van der Waals surface area contributed by atoms with E-state index in [0.717, 1.165) is 5.92 Å². The minimum Gasteiger partial charge on any atom is -0.381 e. The van der Waals surface area contributed by atoms with E-state index in [0.29, 0.717) is 6.92 Å². The molecule has 0 aliphatic rings. The van der Waals surface area contributed by atoms with Crippen molar-refractivity contribution in [3.63, 3.8) is 0 Å². The first-order valence-corrected chi connectivity index (χ1v) is 5.33. The van der Waals surface area contributed by atoms with Crippen molar-refractivity contribution in [3.05, 3.63) is 0 Å². The van der Waals surface area contributed by atoms with Gasteiger partial charge in [0, 0.05) is 0 Å². The third kappa shape index (κ3) is 3.22. The lowest BCUT2D eigenvalue weighted by molar-refractivity contribution is -0.435. The van der Waals surface area contributed by atoms with Gasteiger partial charge in [-0.15, -0.1) is 0 Å². The van der Waals surface area contributed by atoms with Crippen LogP contribution in [0.15, 0.2) is 0 Å². The number of aliphatic hydroxyl groups excluding tert-OH is 1. The van der Waals surface area contributed by atoms with Crippen LogP contribution in [0.25, 0.3) is 0 Å². The fourth-order valence-corrected chi connectivity index (χ4v) is 1.04. The molecule has 0 rings (SSSR count). The monoisotopic (exact) mass is 388 g/mol. The van der Waals surface area contributed by atoms with Gasteiger partial charge in [-0.3, -0.25) is 0 Å². The molecule has 0 heterocycles. The van der Waals surface area contributed by atoms with Crippen molar-refractivity contribution < 1.29 is 62.2 Å². The summed E-state index contributed by atoms with van der Waals surface area (Å²) in [5.74, 6) is -36.8. The summed E-state index contributed by atoms with van der Waals surface area (Å²) in [5, 5.41) is 8.42. The molecule has 1 nitrogen and oxygen atoms in total. The summed E-state index contributed by atoms with van der Waals surface area (Å²) in [6, 6.07) is 0. The van der Waals surface area contributed by atoms with Crippen LogP contribution in [0.1, 0.15) is 6.92 Å². The quantitative estimate of drug-likeness (QED) is 0.568. The Bertz CT molecular complexity index is 519. The second kappa shape index (κ2) is 5.85. The van der Waals surface area contributed by atoms with Crippen LogP contribution in [0.5, 0.6) is 0 Å². The third-order valence-corrected chi connectivity index (χ3v) is 2.37. The molecule has 1 atom stereocenters. The van der Waals surface area contributed by atoms with Crippen LogP contribution in [-0.2, 0) is 0 Å². The van der Waals surface area contributed by atoms with E-state index in [1.54, 1.807) is 0 Å². The lowest BCUT2D eigenvalue weighted by Crippen LogP contribution is -2.69. The number of hydrogen-bond acceptors (Lipinski definition) is 1. The second-order valence-electron chi connectivity index (χ2n) is 4.32. The highest BCUT2D eigenvalue weighted by molar-refractivity contribution is 5.22. The fraction of sp³-hybridized carbons (Fsp3) is 0.800. The highest BCUT2D eigenvalue weighted by atomic mass is 19.4. The summed E-state index contributed by atoms with van der Waals surface area (Å²) in [7, 11) is 0. The molecule has 142 valence electrons. The molecule has 0 aliphatic heterocycles. The van der Waals surface area contributed by atoms with Gasteiger partial charge in [0.15, 0.2) is 0 Å². The molecule has 0 aromatic heterocycles. The molecule has 14 heteroatoms. The lowest BCUT2D eigenvalue weighted by Gasteiger charge is -2.38. The number of aliphatic hydroxyl groups is 1. The Morgan fingerprint density at radius 1 is 0.625 bits per heavy atom. The van der Waals surface area contributed by atoms with Crippen molar-refractivity contribution >= 4 is 0 Å². The predicted octanol–water partition coefficient (Wildman–Crippen LogP) is 4.11. The van der Waals surface area contributed by atoms with Crippen LogP contribution in [0.4, 0.5) is 57.1 Å². The van der Waals surface area contributed by atoms with E-state index in [2.05, 4.69) is 0 Å². The molecule has 1 N–H and O–H groups in total. The van der Waals surface area contributed by atoms with Crippen molar-refractivity contribution in [1.29, 1.82) is 0 Å². The van der Waals surface area contributed by atoms with Crippen LogP contribution in [-0.4, -0.2) is 47.0 Å². The van der Waals surface area contributed by atoms with Crippen LogP contribution in [0, 0.1) is 11.8 Å². The zero-order valence-electron chi connectivity index (χ0n) is 10.9. The van der Waals surface area contributed by atoms with Crippen LogP contribution in [0.2, 0.25) is 0 Å². The summed E-state index contributed by atoms with van der Waals surface area (Å²) in [4.78, 5) is 0. The Hall–Kier alpha value is -1.39. The first-order valence-electron chi connectivity index (χ1n) is 5.33. The number of rotatable bonds is 4. The zero-order chi connectivity index (χ0) is 20.0. The van der Waals surface area contributed by atoms with Crippen molar-refractivity contribution in [2.75, 3.05) is 0 Å². The van der Waals surface area contributed by atoms with Gasteiger partial charge >= 0.3 is 35.8 Å². The smallest absolute Gasteiger partial charge is 0.381 e. The summed E-state index contributed by atoms with van der Waals surface area (Å²) in [6.07, 6.45) is -9.60. The molecular weight excluding hydrogens is 383 g/mol. The van der Waals surface area contributed by atoms with Gasteiger partial charge in [0.1, 0.15) is 6.10 Å². The summed E-state index contributed by atoms with van der Waals surface area (Å²) >= 11 is 0. The lowest BCUT2D eigenvalue weighted by atomic mass is 9.94. The molecule has 0 radical (unpaired) electrons. The van der Waals surface area contributed by atoms with Gasteiger partial charge in [-0.25, -0.2) is 0 Å². The Morgan fingerprint density at radius 3 is 1.25 bits per heavy atom. The molecule has 24 heavy (non-hydrogen) atoms. The molecular formula is C10H5F13O. The van der Waals surface area contributed by atoms with Crippen molar-refractivity contribution in [2.45, 2.75) is 48.8 Å². The van der Waals surface area contributed by atoms with Gasteiger partial charge in [0.05, 0.1) is 0 Å². The first-order chi connectivity index (χ1) is 10.2. The van der Waals surface area contributed by atoms with Gasteiger partial charge in [0.2, 0.25) is 0 Å². The zero-order valence-corrected chi connectivity index (χ0v) is 10.9. The van der Waals surface area contributed by atoms with Gasteiger partial charge in [-0.1, -0.05) is 5.92 Å². The molecule has 0 aromatic rings. The summed E-state index contributed by atoms with van der Waals surface area (Å²) < 4.78 is 163. The molecule has 0 amide bonds. The van der Waals surface area contributed by atoms with E-state index >= 15 is 0 Å². The van der Waals surface area contributed by atoms with Gasteiger partial charge in [-0.2, -0.15) is 57.1 Å². The molecule has 0 saturated heterocycles. The molecule has 0 saturated carbocycles. The average Bonchev–Trinajstić information content (AvgIpc) is 2.34. The highest BCUT2D eigenvalue weighted by Crippen LogP contribution is 2.60. The Morgan fingerprint density at radius 2 is 0.958 bits per heavy atom. The first kappa shape index (κ1) is 22.6. The van der Waals surface area contributed by atoms with Crippen molar-refractivity contribution in [1.82, 2.24) is 0 Å². The molecule has 1 unspecified atom stereocenters. The van der Waals surface area contributed by atoms with E-state index in [9.17, 15) is 57.1 Å². The van der Waals surface area contributed by atoms with E-state index in [1.165, 1.54) is 0 Å². The summed E-state index contributed by atoms with van der Waals surface area (Å²) in [5.41, 5.74) is 0.